The molecule has 3 amide bonds. The molecule has 0 radical (unpaired) electrons. The molecule has 0 fully saturated rings. The molecule has 0 saturated carbocycles. The van der Waals surface area contributed by atoms with Crippen molar-refractivity contribution in [3.63, 3.8) is 0 Å². The molecule has 8 heteroatoms. The van der Waals surface area contributed by atoms with E-state index < -0.39 is 23.8 Å². The first-order valence-corrected chi connectivity index (χ1v) is 13.1. The molecule has 2 aromatic rings. The molecule has 2 aromatic carbocycles. The van der Waals surface area contributed by atoms with Gasteiger partial charge in [0, 0.05) is 11.7 Å². The monoisotopic (exact) mass is 525 g/mol. The Morgan fingerprint density at radius 1 is 0.974 bits per heavy atom. The van der Waals surface area contributed by atoms with Crippen molar-refractivity contribution in [3.05, 3.63) is 59.7 Å². The lowest BCUT2D eigenvalue weighted by atomic mass is 9.94. The number of carbonyl (C=O) groups is 3. The van der Waals surface area contributed by atoms with Crippen LogP contribution in [0.3, 0.4) is 0 Å². The van der Waals surface area contributed by atoms with E-state index >= 15 is 0 Å². The van der Waals surface area contributed by atoms with Gasteiger partial charge in [-0.15, -0.1) is 0 Å². The van der Waals surface area contributed by atoms with E-state index in [1.54, 1.807) is 57.0 Å². The zero-order valence-electron chi connectivity index (χ0n) is 24.1. The predicted octanol–water partition coefficient (Wildman–Crippen LogP) is 5.86. The average Bonchev–Trinajstić information content (AvgIpc) is 2.84. The third-order valence-electron chi connectivity index (χ3n) is 6.29. The number of hydrogen-bond donors (Lipinski definition) is 2. The molecule has 8 nitrogen and oxygen atoms in total. The minimum absolute atomic E-state index is 0.247. The van der Waals surface area contributed by atoms with Gasteiger partial charge in [0.05, 0.1) is 7.11 Å². The molecule has 2 rings (SSSR count). The van der Waals surface area contributed by atoms with E-state index in [2.05, 4.69) is 10.6 Å². The van der Waals surface area contributed by atoms with E-state index in [4.69, 9.17) is 9.47 Å². The molecular weight excluding hydrogens is 482 g/mol. The summed E-state index contributed by atoms with van der Waals surface area (Å²) in [6, 6.07) is 12.4. The lowest BCUT2D eigenvalue weighted by Gasteiger charge is -2.39. The zero-order chi connectivity index (χ0) is 28.6. The van der Waals surface area contributed by atoms with Crippen LogP contribution in [0.4, 0.5) is 10.5 Å². The van der Waals surface area contributed by atoms with Crippen molar-refractivity contribution in [1.29, 1.82) is 0 Å². The van der Waals surface area contributed by atoms with Gasteiger partial charge in [0.1, 0.15) is 23.4 Å². The Labute approximate surface area is 227 Å². The Hall–Kier alpha value is -3.55. The van der Waals surface area contributed by atoms with Crippen molar-refractivity contribution in [1.82, 2.24) is 10.2 Å². The number of benzene rings is 2. The molecule has 0 heterocycles. The fourth-order valence-corrected chi connectivity index (χ4v) is 4.10. The second-order valence-corrected chi connectivity index (χ2v) is 10.8. The van der Waals surface area contributed by atoms with Crippen molar-refractivity contribution < 1.29 is 23.9 Å². The van der Waals surface area contributed by atoms with Gasteiger partial charge in [0.15, 0.2) is 0 Å². The molecule has 0 aliphatic carbocycles. The summed E-state index contributed by atoms with van der Waals surface area (Å²) in [5.41, 5.74) is 1.46. The van der Waals surface area contributed by atoms with Gasteiger partial charge >= 0.3 is 6.09 Å². The summed E-state index contributed by atoms with van der Waals surface area (Å²) in [5.74, 6) is -0.275. The highest BCUT2D eigenvalue weighted by Crippen LogP contribution is 2.30. The second kappa shape index (κ2) is 13.3. The molecule has 2 N–H and O–H groups in total. The van der Waals surface area contributed by atoms with Crippen LogP contribution in [0.15, 0.2) is 48.5 Å². The van der Waals surface area contributed by atoms with Gasteiger partial charge in [-0.3, -0.25) is 9.59 Å². The van der Waals surface area contributed by atoms with Crippen molar-refractivity contribution in [3.8, 4) is 5.75 Å². The highest BCUT2D eigenvalue weighted by Gasteiger charge is 2.40. The first-order valence-electron chi connectivity index (χ1n) is 13.1. The van der Waals surface area contributed by atoms with Crippen LogP contribution in [-0.2, 0) is 14.3 Å². The quantitative estimate of drug-likeness (QED) is 0.405. The summed E-state index contributed by atoms with van der Waals surface area (Å²) < 4.78 is 10.7. The third kappa shape index (κ3) is 8.23. The minimum atomic E-state index is -0.928. The maximum atomic E-state index is 14.2. The molecule has 0 spiro atoms. The fourth-order valence-electron chi connectivity index (χ4n) is 4.10. The third-order valence-corrected chi connectivity index (χ3v) is 6.29. The van der Waals surface area contributed by atoms with E-state index in [1.165, 1.54) is 0 Å². The average molecular weight is 526 g/mol. The van der Waals surface area contributed by atoms with Crippen LogP contribution >= 0.6 is 0 Å². The molecule has 3 atom stereocenters. The fraction of sp³-hybridized carbons (Fsp3) is 0.500. The Morgan fingerprint density at radius 2 is 1.58 bits per heavy atom. The number of methoxy groups -OCH3 is 1. The topological polar surface area (TPSA) is 97.0 Å². The number of nitrogens with one attached hydrogen (secondary N) is 2. The number of rotatable bonds is 10. The predicted molar refractivity (Wildman–Crippen MR) is 150 cm³/mol. The Bertz CT molecular complexity index is 1090. The molecule has 0 saturated heterocycles. The largest absolute Gasteiger partial charge is 0.497 e. The molecule has 38 heavy (non-hydrogen) atoms. The number of aryl methyl sites for hydroxylation is 1. The molecular formula is C30H43N3O5. The molecule has 0 aromatic heterocycles. The standard InChI is InChI=1S/C30H43N3O5/c1-10-21(5)33(28(35)25(19(2)3)32-29(36)38-30(6,7)8)26(24-14-12-11-13-20(24)4)27(34)31-22-15-17-23(37-9)18-16-22/h11-19,21,25-26H,10H2,1-9H3,(H,31,34)(H,32,36). The maximum absolute atomic E-state index is 14.2. The number of alkyl carbamates (subject to hydrolysis) is 1. The van der Waals surface area contributed by atoms with Crippen LogP contribution in [0.2, 0.25) is 0 Å². The number of anilines is 1. The summed E-state index contributed by atoms with van der Waals surface area (Å²) in [4.78, 5) is 42.4. The van der Waals surface area contributed by atoms with E-state index in [9.17, 15) is 14.4 Å². The highest BCUT2D eigenvalue weighted by molar-refractivity contribution is 5.99. The minimum Gasteiger partial charge on any atom is -0.497 e. The first-order chi connectivity index (χ1) is 17.8. The molecule has 208 valence electrons. The van der Waals surface area contributed by atoms with E-state index in [0.29, 0.717) is 23.4 Å². The number of carbonyl (C=O) groups excluding carboxylic acids is 3. The molecule has 0 aliphatic rings. The van der Waals surface area contributed by atoms with Crippen LogP contribution in [-0.4, -0.2) is 47.6 Å². The van der Waals surface area contributed by atoms with Gasteiger partial charge < -0.3 is 25.0 Å². The van der Waals surface area contributed by atoms with Gasteiger partial charge in [0.2, 0.25) is 5.91 Å². The van der Waals surface area contributed by atoms with Crippen molar-refractivity contribution >= 4 is 23.6 Å². The summed E-state index contributed by atoms with van der Waals surface area (Å²) in [5, 5.41) is 5.73. The van der Waals surface area contributed by atoms with Gasteiger partial charge in [-0.2, -0.15) is 0 Å². The van der Waals surface area contributed by atoms with E-state index in [0.717, 1.165) is 5.56 Å². The summed E-state index contributed by atoms with van der Waals surface area (Å²) in [6.45, 7) is 14.8. The maximum Gasteiger partial charge on any atom is 0.408 e. The van der Waals surface area contributed by atoms with E-state index in [-0.39, 0.29) is 23.8 Å². The van der Waals surface area contributed by atoms with Crippen molar-refractivity contribution in [2.24, 2.45) is 5.92 Å². The number of ether oxygens (including phenoxy) is 2. The molecule has 3 unspecified atom stereocenters. The SMILES string of the molecule is CCC(C)N(C(=O)C(NC(=O)OC(C)(C)C)C(C)C)C(C(=O)Nc1ccc(OC)cc1)c1ccccc1C. The van der Waals surface area contributed by atoms with Crippen LogP contribution in [0.5, 0.6) is 5.75 Å². The smallest absolute Gasteiger partial charge is 0.408 e. The number of amides is 3. The van der Waals surface area contributed by atoms with Gasteiger partial charge in [-0.05, 0) is 82.3 Å². The highest BCUT2D eigenvalue weighted by atomic mass is 16.6. The first kappa shape index (κ1) is 30.7. The Kier molecular flexibility index (Phi) is 10.7. The second-order valence-electron chi connectivity index (χ2n) is 10.8. The lowest BCUT2D eigenvalue weighted by molar-refractivity contribution is -0.144. The Balaban J connectivity index is 2.55. The van der Waals surface area contributed by atoms with Crippen LogP contribution in [0, 0.1) is 12.8 Å². The lowest BCUT2D eigenvalue weighted by Crippen LogP contribution is -2.56. The summed E-state index contributed by atoms with van der Waals surface area (Å²) in [6.07, 6.45) is -0.0648. The normalized spacial score (nSPS) is 13.7. The van der Waals surface area contributed by atoms with Gasteiger partial charge in [-0.25, -0.2) is 4.79 Å². The zero-order valence-corrected chi connectivity index (χ0v) is 24.1. The van der Waals surface area contributed by atoms with Crippen molar-refractivity contribution in [2.75, 3.05) is 12.4 Å². The Morgan fingerprint density at radius 3 is 2.08 bits per heavy atom. The van der Waals surface area contributed by atoms with E-state index in [1.807, 2.05) is 58.9 Å². The summed E-state index contributed by atoms with van der Waals surface area (Å²) >= 11 is 0. The molecule has 0 aliphatic heterocycles. The number of nitrogens with zero attached hydrogens (tertiary/aromatic N) is 1. The van der Waals surface area contributed by atoms with Crippen LogP contribution in [0.1, 0.15) is 72.1 Å². The van der Waals surface area contributed by atoms with Crippen LogP contribution < -0.4 is 15.4 Å². The van der Waals surface area contributed by atoms with Gasteiger partial charge in [0.25, 0.3) is 5.91 Å². The van der Waals surface area contributed by atoms with Gasteiger partial charge in [-0.1, -0.05) is 45.0 Å². The van der Waals surface area contributed by atoms with Crippen LogP contribution in [0.25, 0.3) is 0 Å². The van der Waals surface area contributed by atoms with Crippen molar-refractivity contribution in [2.45, 2.75) is 85.5 Å². The summed E-state index contributed by atoms with van der Waals surface area (Å²) in [7, 11) is 1.58. The molecule has 0 bridgehead atoms. The number of hydrogen-bond acceptors (Lipinski definition) is 5.